The van der Waals surface area contributed by atoms with Gasteiger partial charge in [-0.15, -0.1) is 0 Å². The molecule has 0 saturated carbocycles. The second-order valence-corrected chi connectivity index (χ2v) is 5.82. The first kappa shape index (κ1) is 18.5. The monoisotopic (exact) mass is 304 g/mol. The summed E-state index contributed by atoms with van der Waals surface area (Å²) in [6, 6.07) is 11.2. The van der Waals surface area contributed by atoms with Crippen LogP contribution in [0.1, 0.15) is 38.7 Å². The van der Waals surface area contributed by atoms with E-state index in [-0.39, 0.29) is 0 Å². The van der Waals surface area contributed by atoms with Crippen LogP contribution in [-0.2, 0) is 6.54 Å². The van der Waals surface area contributed by atoms with Crippen LogP contribution in [0.4, 0.5) is 0 Å². The Labute approximate surface area is 136 Å². The standard InChI is InChI=1S/C18H32N4/c1-5-6-13-20-18(19-3)21-14-12-16(2)22(4)15-17-10-8-7-9-11-17/h7-11,16H,5-6,12-15H2,1-4H3,(H2,19,20,21). The van der Waals surface area contributed by atoms with Gasteiger partial charge in [0.1, 0.15) is 0 Å². The van der Waals surface area contributed by atoms with E-state index >= 15 is 0 Å². The van der Waals surface area contributed by atoms with Gasteiger partial charge in [0.2, 0.25) is 0 Å². The minimum absolute atomic E-state index is 0.529. The highest BCUT2D eigenvalue weighted by Crippen LogP contribution is 2.07. The van der Waals surface area contributed by atoms with Gasteiger partial charge in [0.25, 0.3) is 0 Å². The number of hydrogen-bond donors (Lipinski definition) is 2. The molecule has 0 spiro atoms. The van der Waals surface area contributed by atoms with Gasteiger partial charge in [0.05, 0.1) is 0 Å². The van der Waals surface area contributed by atoms with Crippen molar-refractivity contribution in [1.29, 1.82) is 0 Å². The topological polar surface area (TPSA) is 39.7 Å². The molecule has 0 bridgehead atoms. The fourth-order valence-corrected chi connectivity index (χ4v) is 2.25. The van der Waals surface area contributed by atoms with E-state index in [1.54, 1.807) is 0 Å². The van der Waals surface area contributed by atoms with E-state index in [1.165, 1.54) is 18.4 Å². The first-order valence-corrected chi connectivity index (χ1v) is 8.36. The maximum atomic E-state index is 4.25. The van der Waals surface area contributed by atoms with E-state index in [1.807, 2.05) is 7.05 Å². The maximum Gasteiger partial charge on any atom is 0.190 e. The van der Waals surface area contributed by atoms with Crippen molar-refractivity contribution in [2.24, 2.45) is 4.99 Å². The number of nitrogens with one attached hydrogen (secondary N) is 2. The number of aliphatic imine (C=N–C) groups is 1. The molecule has 124 valence electrons. The third-order valence-electron chi connectivity index (χ3n) is 3.93. The molecule has 1 atom stereocenters. The lowest BCUT2D eigenvalue weighted by Crippen LogP contribution is -2.40. The largest absolute Gasteiger partial charge is 0.356 e. The second kappa shape index (κ2) is 11.1. The number of unbranched alkanes of at least 4 members (excludes halogenated alkanes) is 1. The number of rotatable bonds is 9. The Morgan fingerprint density at radius 3 is 2.50 bits per heavy atom. The highest BCUT2D eigenvalue weighted by Gasteiger charge is 2.09. The molecule has 1 aromatic rings. The molecule has 2 N–H and O–H groups in total. The van der Waals surface area contributed by atoms with Crippen molar-refractivity contribution in [2.75, 3.05) is 27.2 Å². The van der Waals surface area contributed by atoms with Crippen LogP contribution in [0.3, 0.4) is 0 Å². The van der Waals surface area contributed by atoms with Gasteiger partial charge in [-0.05, 0) is 32.4 Å². The molecular formula is C18H32N4. The van der Waals surface area contributed by atoms with E-state index in [2.05, 4.69) is 71.8 Å². The molecule has 0 aliphatic rings. The van der Waals surface area contributed by atoms with Gasteiger partial charge in [0.15, 0.2) is 5.96 Å². The van der Waals surface area contributed by atoms with Crippen LogP contribution in [0.25, 0.3) is 0 Å². The van der Waals surface area contributed by atoms with Gasteiger partial charge in [-0.25, -0.2) is 0 Å². The molecule has 0 saturated heterocycles. The molecule has 4 heteroatoms. The number of nitrogens with zero attached hydrogens (tertiary/aromatic N) is 2. The summed E-state index contributed by atoms with van der Waals surface area (Å²) in [4.78, 5) is 6.64. The molecule has 0 aliphatic carbocycles. The van der Waals surface area contributed by atoms with E-state index in [0.29, 0.717) is 6.04 Å². The molecule has 22 heavy (non-hydrogen) atoms. The molecule has 0 fully saturated rings. The molecule has 1 unspecified atom stereocenters. The molecule has 0 radical (unpaired) electrons. The summed E-state index contributed by atoms with van der Waals surface area (Å²) >= 11 is 0. The Balaban J connectivity index is 2.25. The summed E-state index contributed by atoms with van der Waals surface area (Å²) in [5.41, 5.74) is 1.36. The van der Waals surface area contributed by atoms with Gasteiger partial charge in [-0.1, -0.05) is 43.7 Å². The fraction of sp³-hybridized carbons (Fsp3) is 0.611. The minimum atomic E-state index is 0.529. The first-order chi connectivity index (χ1) is 10.7. The molecule has 0 heterocycles. The Bertz CT molecular complexity index is 416. The summed E-state index contributed by atoms with van der Waals surface area (Å²) in [6.45, 7) is 7.39. The molecule has 1 rings (SSSR count). The van der Waals surface area contributed by atoms with Crippen molar-refractivity contribution in [3.63, 3.8) is 0 Å². The van der Waals surface area contributed by atoms with Crippen molar-refractivity contribution in [1.82, 2.24) is 15.5 Å². The highest BCUT2D eigenvalue weighted by atomic mass is 15.2. The van der Waals surface area contributed by atoms with E-state index in [9.17, 15) is 0 Å². The third-order valence-corrected chi connectivity index (χ3v) is 3.93. The second-order valence-electron chi connectivity index (χ2n) is 5.82. The van der Waals surface area contributed by atoms with Crippen LogP contribution in [0, 0.1) is 0 Å². The van der Waals surface area contributed by atoms with Crippen molar-refractivity contribution in [3.8, 4) is 0 Å². The summed E-state index contributed by atoms with van der Waals surface area (Å²) in [5.74, 6) is 0.909. The predicted molar refractivity (Wildman–Crippen MR) is 96.3 cm³/mol. The zero-order valence-corrected chi connectivity index (χ0v) is 14.6. The van der Waals surface area contributed by atoms with Crippen LogP contribution in [0.2, 0.25) is 0 Å². The van der Waals surface area contributed by atoms with Gasteiger partial charge >= 0.3 is 0 Å². The zero-order valence-electron chi connectivity index (χ0n) is 14.6. The molecule has 0 aromatic heterocycles. The summed E-state index contributed by atoms with van der Waals surface area (Å²) in [5, 5.41) is 6.73. The smallest absolute Gasteiger partial charge is 0.190 e. The summed E-state index contributed by atoms with van der Waals surface area (Å²) in [7, 11) is 4.01. The van der Waals surface area contributed by atoms with Crippen LogP contribution in [0.5, 0.6) is 0 Å². The van der Waals surface area contributed by atoms with Gasteiger partial charge in [0, 0.05) is 32.7 Å². The van der Waals surface area contributed by atoms with Crippen LogP contribution >= 0.6 is 0 Å². The Morgan fingerprint density at radius 2 is 1.86 bits per heavy atom. The van der Waals surface area contributed by atoms with Gasteiger partial charge < -0.3 is 10.6 Å². The minimum Gasteiger partial charge on any atom is -0.356 e. The van der Waals surface area contributed by atoms with E-state index in [0.717, 1.165) is 32.0 Å². The number of hydrogen-bond acceptors (Lipinski definition) is 2. The Morgan fingerprint density at radius 1 is 1.18 bits per heavy atom. The highest BCUT2D eigenvalue weighted by molar-refractivity contribution is 5.79. The summed E-state index contributed by atoms with van der Waals surface area (Å²) < 4.78 is 0. The molecule has 0 aliphatic heterocycles. The fourth-order valence-electron chi connectivity index (χ4n) is 2.25. The van der Waals surface area contributed by atoms with E-state index < -0.39 is 0 Å². The lowest BCUT2D eigenvalue weighted by atomic mass is 10.1. The lowest BCUT2D eigenvalue weighted by Gasteiger charge is -2.25. The van der Waals surface area contributed by atoms with Crippen molar-refractivity contribution in [2.45, 2.75) is 45.7 Å². The average molecular weight is 304 g/mol. The quantitative estimate of drug-likeness (QED) is 0.419. The Hall–Kier alpha value is -1.55. The third kappa shape index (κ3) is 7.46. The predicted octanol–water partition coefficient (Wildman–Crippen LogP) is 2.86. The molecule has 4 nitrogen and oxygen atoms in total. The zero-order chi connectivity index (χ0) is 16.2. The lowest BCUT2D eigenvalue weighted by molar-refractivity contribution is 0.238. The maximum absolute atomic E-state index is 4.25. The summed E-state index contributed by atoms with van der Waals surface area (Å²) in [6.07, 6.45) is 3.47. The first-order valence-electron chi connectivity index (χ1n) is 8.36. The SMILES string of the molecule is CCCCNC(=NC)NCCC(C)N(C)Cc1ccccc1. The van der Waals surface area contributed by atoms with Crippen molar-refractivity contribution < 1.29 is 0 Å². The number of benzene rings is 1. The van der Waals surface area contributed by atoms with Crippen LogP contribution < -0.4 is 10.6 Å². The molecular weight excluding hydrogens is 272 g/mol. The molecule has 0 amide bonds. The van der Waals surface area contributed by atoms with Crippen LogP contribution in [-0.4, -0.2) is 44.1 Å². The van der Waals surface area contributed by atoms with Crippen molar-refractivity contribution in [3.05, 3.63) is 35.9 Å². The van der Waals surface area contributed by atoms with Gasteiger partial charge in [-0.2, -0.15) is 0 Å². The van der Waals surface area contributed by atoms with Crippen LogP contribution in [0.15, 0.2) is 35.3 Å². The Kier molecular flexibility index (Phi) is 9.31. The number of guanidine groups is 1. The normalized spacial score (nSPS) is 13.2. The van der Waals surface area contributed by atoms with E-state index in [4.69, 9.17) is 0 Å². The van der Waals surface area contributed by atoms with Gasteiger partial charge in [-0.3, -0.25) is 9.89 Å². The average Bonchev–Trinajstić information content (AvgIpc) is 2.54. The molecule has 1 aromatic carbocycles. The van der Waals surface area contributed by atoms with Crippen molar-refractivity contribution >= 4 is 5.96 Å².